The van der Waals surface area contributed by atoms with Crippen LogP contribution in [0.1, 0.15) is 18.1 Å². The Hall–Kier alpha value is -1.64. The largest absolute Gasteiger partial charge is 0.453 e. The number of ether oxygens (including phenoxy) is 1. The second-order valence-electron chi connectivity index (χ2n) is 2.99. The highest BCUT2D eigenvalue weighted by Crippen LogP contribution is 2.26. The van der Waals surface area contributed by atoms with E-state index in [9.17, 15) is 4.79 Å². The van der Waals surface area contributed by atoms with Crippen LogP contribution in [0.3, 0.4) is 0 Å². The molecule has 2 rings (SSSR count). The second-order valence-corrected chi connectivity index (χ2v) is 2.99. The minimum Gasteiger partial charge on any atom is -0.453 e. The summed E-state index contributed by atoms with van der Waals surface area (Å²) in [6.45, 7) is 0. The number of nitrogens with one attached hydrogen (secondary N) is 1. The van der Waals surface area contributed by atoms with Gasteiger partial charge in [-0.15, -0.1) is 0 Å². The third-order valence-electron chi connectivity index (χ3n) is 2.06. The molecule has 1 N–H and O–H groups in total. The molecule has 0 spiro atoms. The molecular formula is C10H9NO2. The third-order valence-corrected chi connectivity index (χ3v) is 2.06. The number of carbonyl (C=O) groups is 1. The number of esters is 1. The molecule has 0 radical (unpaired) electrons. The highest BCUT2D eigenvalue weighted by molar-refractivity contribution is 6.36. The molecule has 1 aromatic carbocycles. The second kappa shape index (κ2) is 3.01. The first-order chi connectivity index (χ1) is 6.27. The predicted molar refractivity (Wildman–Crippen MR) is 47.6 cm³/mol. The molecule has 0 bridgehead atoms. The zero-order valence-electron chi connectivity index (χ0n) is 6.99. The fourth-order valence-electron chi connectivity index (χ4n) is 1.36. The standard InChI is InChI=1S/C10H9NO2/c11-8-6-9(13-10(8)12)7-4-2-1-3-5-7/h1-5,9,11H,6H2. The molecule has 1 aliphatic rings. The summed E-state index contributed by atoms with van der Waals surface area (Å²) in [5, 5.41) is 7.26. The minimum atomic E-state index is -0.492. The molecule has 0 saturated carbocycles. The zero-order valence-corrected chi connectivity index (χ0v) is 6.99. The molecular weight excluding hydrogens is 166 g/mol. The Balaban J connectivity index is 2.21. The van der Waals surface area contributed by atoms with E-state index in [4.69, 9.17) is 10.1 Å². The molecule has 1 fully saturated rings. The molecule has 3 nitrogen and oxygen atoms in total. The summed E-state index contributed by atoms with van der Waals surface area (Å²) in [6, 6.07) is 9.49. The van der Waals surface area contributed by atoms with Crippen molar-refractivity contribution < 1.29 is 9.53 Å². The van der Waals surface area contributed by atoms with E-state index in [2.05, 4.69) is 0 Å². The maximum Gasteiger partial charge on any atom is 0.352 e. The van der Waals surface area contributed by atoms with Gasteiger partial charge in [0.1, 0.15) is 11.8 Å². The van der Waals surface area contributed by atoms with E-state index in [0.717, 1.165) is 5.56 Å². The molecule has 3 heteroatoms. The monoisotopic (exact) mass is 175 g/mol. The molecule has 1 heterocycles. The molecule has 1 atom stereocenters. The smallest absolute Gasteiger partial charge is 0.352 e. The van der Waals surface area contributed by atoms with E-state index in [1.807, 2.05) is 30.3 Å². The van der Waals surface area contributed by atoms with Gasteiger partial charge in [-0.1, -0.05) is 30.3 Å². The number of carbonyl (C=O) groups excluding carboxylic acids is 1. The van der Waals surface area contributed by atoms with Crippen LogP contribution in [0.25, 0.3) is 0 Å². The molecule has 66 valence electrons. The summed E-state index contributed by atoms with van der Waals surface area (Å²) in [5.74, 6) is -0.492. The predicted octanol–water partition coefficient (Wildman–Crippen LogP) is 1.69. The Kier molecular flexibility index (Phi) is 1.85. The van der Waals surface area contributed by atoms with E-state index in [0.29, 0.717) is 6.42 Å². The Morgan fingerprint density at radius 3 is 2.54 bits per heavy atom. The average molecular weight is 175 g/mol. The van der Waals surface area contributed by atoms with Crippen molar-refractivity contribution in [3.63, 3.8) is 0 Å². The van der Waals surface area contributed by atoms with Crippen LogP contribution in [0.5, 0.6) is 0 Å². The van der Waals surface area contributed by atoms with Crippen LogP contribution in [0.4, 0.5) is 0 Å². The lowest BCUT2D eigenvalue weighted by molar-refractivity contribution is -0.137. The minimum absolute atomic E-state index is 0.0638. The van der Waals surface area contributed by atoms with Crippen molar-refractivity contribution in [1.29, 1.82) is 5.41 Å². The average Bonchev–Trinajstić information content (AvgIpc) is 2.49. The van der Waals surface area contributed by atoms with Gasteiger partial charge in [0, 0.05) is 6.42 Å². The van der Waals surface area contributed by atoms with Gasteiger partial charge in [0.15, 0.2) is 0 Å². The van der Waals surface area contributed by atoms with Gasteiger partial charge >= 0.3 is 5.97 Å². The van der Waals surface area contributed by atoms with Gasteiger partial charge in [-0.05, 0) is 5.56 Å². The Bertz CT molecular complexity index is 329. The summed E-state index contributed by atoms with van der Waals surface area (Å²) in [4.78, 5) is 10.9. The van der Waals surface area contributed by atoms with Crippen molar-refractivity contribution in [3.05, 3.63) is 35.9 Å². The van der Waals surface area contributed by atoms with Crippen LogP contribution in [-0.2, 0) is 9.53 Å². The zero-order chi connectivity index (χ0) is 9.26. The lowest BCUT2D eigenvalue weighted by atomic mass is 10.1. The quantitative estimate of drug-likeness (QED) is 0.660. The fraction of sp³-hybridized carbons (Fsp3) is 0.200. The van der Waals surface area contributed by atoms with Crippen LogP contribution in [-0.4, -0.2) is 11.7 Å². The Morgan fingerprint density at radius 1 is 1.31 bits per heavy atom. The van der Waals surface area contributed by atoms with E-state index in [1.54, 1.807) is 0 Å². The van der Waals surface area contributed by atoms with E-state index in [1.165, 1.54) is 0 Å². The Morgan fingerprint density at radius 2 is 2.00 bits per heavy atom. The molecule has 13 heavy (non-hydrogen) atoms. The summed E-state index contributed by atoms with van der Waals surface area (Å²) < 4.78 is 5.00. The lowest BCUT2D eigenvalue weighted by Gasteiger charge is -2.07. The summed E-state index contributed by atoms with van der Waals surface area (Å²) in [6.07, 6.45) is 0.143. The highest BCUT2D eigenvalue weighted by atomic mass is 16.5. The molecule has 0 amide bonds. The van der Waals surface area contributed by atoms with Gasteiger partial charge in [0.2, 0.25) is 0 Å². The SMILES string of the molecule is N=C1CC(c2ccccc2)OC1=O. The van der Waals surface area contributed by atoms with E-state index >= 15 is 0 Å². The van der Waals surface area contributed by atoms with Crippen molar-refractivity contribution in [2.75, 3.05) is 0 Å². The number of hydrogen-bond acceptors (Lipinski definition) is 3. The van der Waals surface area contributed by atoms with Gasteiger partial charge < -0.3 is 4.74 Å². The first kappa shape index (κ1) is 7.98. The van der Waals surface area contributed by atoms with Gasteiger partial charge in [-0.3, -0.25) is 5.41 Å². The van der Waals surface area contributed by atoms with Crippen molar-refractivity contribution in [3.8, 4) is 0 Å². The number of benzene rings is 1. The van der Waals surface area contributed by atoms with Gasteiger partial charge in [0.05, 0.1) is 0 Å². The highest BCUT2D eigenvalue weighted by Gasteiger charge is 2.29. The van der Waals surface area contributed by atoms with E-state index in [-0.39, 0.29) is 11.8 Å². The van der Waals surface area contributed by atoms with Crippen LogP contribution < -0.4 is 0 Å². The topological polar surface area (TPSA) is 50.1 Å². The maximum absolute atomic E-state index is 10.9. The van der Waals surface area contributed by atoms with Gasteiger partial charge in [-0.2, -0.15) is 0 Å². The summed E-state index contributed by atoms with van der Waals surface area (Å²) in [5.41, 5.74) is 1.02. The van der Waals surface area contributed by atoms with Crippen LogP contribution >= 0.6 is 0 Å². The molecule has 0 aromatic heterocycles. The van der Waals surface area contributed by atoms with E-state index < -0.39 is 5.97 Å². The first-order valence-electron chi connectivity index (χ1n) is 4.11. The lowest BCUT2D eigenvalue weighted by Crippen LogP contribution is -2.03. The molecule has 1 saturated heterocycles. The van der Waals surface area contributed by atoms with Gasteiger partial charge in [0.25, 0.3) is 0 Å². The number of rotatable bonds is 1. The van der Waals surface area contributed by atoms with Crippen molar-refractivity contribution in [2.45, 2.75) is 12.5 Å². The number of hydrogen-bond donors (Lipinski definition) is 1. The normalized spacial score (nSPS) is 21.7. The first-order valence-corrected chi connectivity index (χ1v) is 4.11. The van der Waals surface area contributed by atoms with Crippen LogP contribution in [0.2, 0.25) is 0 Å². The molecule has 1 unspecified atom stereocenters. The maximum atomic E-state index is 10.9. The van der Waals surface area contributed by atoms with Gasteiger partial charge in [-0.25, -0.2) is 4.79 Å². The molecule has 0 aliphatic carbocycles. The third kappa shape index (κ3) is 1.45. The Labute approximate surface area is 75.8 Å². The summed E-state index contributed by atoms with van der Waals surface area (Å²) in [7, 11) is 0. The number of cyclic esters (lactones) is 1. The van der Waals surface area contributed by atoms with Crippen molar-refractivity contribution in [1.82, 2.24) is 0 Å². The fourth-order valence-corrected chi connectivity index (χ4v) is 1.36. The van der Waals surface area contributed by atoms with Crippen LogP contribution in [0, 0.1) is 5.41 Å². The molecule has 1 aromatic rings. The molecule has 1 aliphatic heterocycles. The van der Waals surface area contributed by atoms with Crippen LogP contribution in [0.15, 0.2) is 30.3 Å². The van der Waals surface area contributed by atoms with Crippen molar-refractivity contribution in [2.24, 2.45) is 0 Å². The summed E-state index contributed by atoms with van der Waals surface area (Å²) >= 11 is 0. The van der Waals surface area contributed by atoms with Crippen molar-refractivity contribution >= 4 is 11.7 Å².